The molecule has 0 aromatic carbocycles. The first kappa shape index (κ1) is 12.3. The predicted octanol–water partition coefficient (Wildman–Crippen LogP) is 1.56. The molecule has 0 atom stereocenters. The maximum atomic E-state index is 11.0. The number of aromatic nitrogens is 4. The molecule has 0 radical (unpaired) electrons. The molecule has 0 unspecified atom stereocenters. The number of imidazole rings is 1. The Morgan fingerprint density at radius 3 is 3.11 bits per heavy atom. The van der Waals surface area contributed by atoms with E-state index in [0.29, 0.717) is 11.2 Å². The van der Waals surface area contributed by atoms with Gasteiger partial charge in [0.2, 0.25) is 11.9 Å². The number of carbonyl (C=O) groups is 1. The Labute approximate surface area is 107 Å². The smallest absolute Gasteiger partial charge is 0.232 e. The number of anilines is 1. The number of fused-ring (bicyclic) bond motifs is 1. The van der Waals surface area contributed by atoms with E-state index in [-0.39, 0.29) is 23.7 Å². The second-order valence-corrected chi connectivity index (χ2v) is 3.73. The minimum absolute atomic E-state index is 0.125. The highest BCUT2D eigenvalue weighted by Crippen LogP contribution is 2.20. The molecule has 7 nitrogen and oxygen atoms in total. The van der Waals surface area contributed by atoms with Gasteiger partial charge in [-0.05, 0) is 0 Å². The van der Waals surface area contributed by atoms with Gasteiger partial charge >= 0.3 is 0 Å². The highest BCUT2D eigenvalue weighted by molar-refractivity contribution is 6.33. The number of carbonyl (C=O) groups excluding carboxylic acids is 1. The van der Waals surface area contributed by atoms with Gasteiger partial charge in [-0.1, -0.05) is 18.2 Å². The molecule has 2 aromatic rings. The van der Waals surface area contributed by atoms with Crippen LogP contribution in [0.1, 0.15) is 6.92 Å². The average Bonchev–Trinajstić information content (AvgIpc) is 2.69. The van der Waals surface area contributed by atoms with Gasteiger partial charge < -0.3 is 4.74 Å². The van der Waals surface area contributed by atoms with Gasteiger partial charge in [0.05, 0.1) is 12.6 Å². The lowest BCUT2D eigenvalue weighted by Crippen LogP contribution is -2.10. The van der Waals surface area contributed by atoms with E-state index < -0.39 is 0 Å². The van der Waals surface area contributed by atoms with E-state index in [1.165, 1.54) is 19.5 Å². The number of rotatable bonds is 4. The van der Waals surface area contributed by atoms with Gasteiger partial charge in [-0.25, -0.2) is 4.98 Å². The monoisotopic (exact) mass is 267 g/mol. The molecule has 2 heterocycles. The van der Waals surface area contributed by atoms with Crippen LogP contribution in [0.5, 0.6) is 0 Å². The fourth-order valence-electron chi connectivity index (χ4n) is 1.35. The molecule has 94 valence electrons. The SMILES string of the molecule is C=COCn1cnc2c(Cl)nc(NC(C)=O)nc21. The molecule has 0 saturated carbocycles. The molecule has 0 aliphatic rings. The molecule has 18 heavy (non-hydrogen) atoms. The van der Waals surface area contributed by atoms with Crippen molar-refractivity contribution < 1.29 is 9.53 Å². The van der Waals surface area contributed by atoms with Crippen LogP contribution in [0.4, 0.5) is 5.95 Å². The number of hydrogen-bond donors (Lipinski definition) is 1. The number of nitrogens with zero attached hydrogens (tertiary/aromatic N) is 4. The Morgan fingerprint density at radius 1 is 1.67 bits per heavy atom. The topological polar surface area (TPSA) is 81.9 Å². The number of halogens is 1. The van der Waals surface area contributed by atoms with Crippen molar-refractivity contribution in [3.8, 4) is 0 Å². The predicted molar refractivity (Wildman–Crippen MR) is 65.9 cm³/mol. The van der Waals surface area contributed by atoms with Crippen LogP contribution in [-0.2, 0) is 16.3 Å². The minimum Gasteiger partial charge on any atom is -0.481 e. The molecule has 0 fully saturated rings. The van der Waals surface area contributed by atoms with Crippen LogP contribution in [0.25, 0.3) is 11.2 Å². The van der Waals surface area contributed by atoms with Crippen LogP contribution in [0.2, 0.25) is 5.15 Å². The molecule has 2 rings (SSSR count). The number of nitrogens with one attached hydrogen (secondary N) is 1. The Balaban J connectivity index is 2.46. The van der Waals surface area contributed by atoms with Crippen LogP contribution < -0.4 is 5.32 Å². The van der Waals surface area contributed by atoms with Crippen LogP contribution >= 0.6 is 11.6 Å². The summed E-state index contributed by atoms with van der Waals surface area (Å²) in [6.07, 6.45) is 2.83. The zero-order valence-corrected chi connectivity index (χ0v) is 10.3. The van der Waals surface area contributed by atoms with Gasteiger partial charge in [0.15, 0.2) is 17.5 Å². The first-order valence-corrected chi connectivity index (χ1v) is 5.38. The molecule has 0 spiro atoms. The summed E-state index contributed by atoms with van der Waals surface area (Å²) in [5.74, 6) is -0.154. The Morgan fingerprint density at radius 2 is 2.44 bits per heavy atom. The first-order chi connectivity index (χ1) is 8.61. The Hall–Kier alpha value is -2.15. The zero-order valence-electron chi connectivity index (χ0n) is 9.55. The van der Waals surface area contributed by atoms with Crippen molar-refractivity contribution in [2.24, 2.45) is 0 Å². The molecule has 0 bridgehead atoms. The lowest BCUT2D eigenvalue weighted by atomic mass is 10.5. The van der Waals surface area contributed by atoms with Crippen molar-refractivity contribution in [3.63, 3.8) is 0 Å². The maximum absolute atomic E-state index is 11.0. The Bertz CT molecular complexity index is 610. The molecule has 8 heteroatoms. The summed E-state index contributed by atoms with van der Waals surface area (Å²) >= 11 is 5.95. The average molecular weight is 268 g/mol. The van der Waals surface area contributed by atoms with E-state index in [9.17, 15) is 4.79 Å². The highest BCUT2D eigenvalue weighted by atomic mass is 35.5. The molecular formula is C10H10ClN5O2. The first-order valence-electron chi connectivity index (χ1n) is 5.00. The third-order valence-corrected chi connectivity index (χ3v) is 2.30. The van der Waals surface area contributed by atoms with E-state index >= 15 is 0 Å². The molecule has 1 N–H and O–H groups in total. The zero-order chi connectivity index (χ0) is 13.1. The number of hydrogen-bond acceptors (Lipinski definition) is 5. The quantitative estimate of drug-likeness (QED) is 0.671. The van der Waals surface area contributed by atoms with E-state index in [2.05, 4.69) is 26.8 Å². The second kappa shape index (κ2) is 5.01. The lowest BCUT2D eigenvalue weighted by Gasteiger charge is -2.04. The lowest BCUT2D eigenvalue weighted by molar-refractivity contribution is -0.114. The van der Waals surface area contributed by atoms with Crippen molar-refractivity contribution >= 4 is 34.6 Å². The maximum Gasteiger partial charge on any atom is 0.232 e. The number of ether oxygens (including phenoxy) is 1. The minimum atomic E-state index is -0.279. The van der Waals surface area contributed by atoms with Crippen molar-refractivity contribution in [1.82, 2.24) is 19.5 Å². The summed E-state index contributed by atoms with van der Waals surface area (Å²) in [6.45, 7) is 5.00. The van der Waals surface area contributed by atoms with Crippen molar-refractivity contribution in [2.75, 3.05) is 5.32 Å². The van der Waals surface area contributed by atoms with E-state index in [4.69, 9.17) is 16.3 Å². The third kappa shape index (κ3) is 2.40. The van der Waals surface area contributed by atoms with E-state index in [1.54, 1.807) is 4.57 Å². The summed E-state index contributed by atoms with van der Waals surface area (Å²) in [5.41, 5.74) is 0.916. The van der Waals surface area contributed by atoms with Gasteiger partial charge in [-0.3, -0.25) is 14.7 Å². The largest absolute Gasteiger partial charge is 0.481 e. The van der Waals surface area contributed by atoms with Gasteiger partial charge in [0.1, 0.15) is 5.52 Å². The van der Waals surface area contributed by atoms with Gasteiger partial charge in [0, 0.05) is 6.92 Å². The molecule has 2 aromatic heterocycles. The van der Waals surface area contributed by atoms with Crippen LogP contribution in [0.3, 0.4) is 0 Å². The molecular weight excluding hydrogens is 258 g/mol. The van der Waals surface area contributed by atoms with Gasteiger partial charge in [-0.2, -0.15) is 9.97 Å². The van der Waals surface area contributed by atoms with E-state index in [1.807, 2.05) is 0 Å². The molecule has 1 amide bonds. The highest BCUT2D eigenvalue weighted by Gasteiger charge is 2.12. The van der Waals surface area contributed by atoms with Crippen molar-refractivity contribution in [2.45, 2.75) is 13.7 Å². The summed E-state index contributed by atoms with van der Waals surface area (Å²) in [6, 6.07) is 0. The van der Waals surface area contributed by atoms with Crippen LogP contribution in [0, 0.1) is 0 Å². The Kier molecular flexibility index (Phi) is 3.42. The van der Waals surface area contributed by atoms with E-state index in [0.717, 1.165) is 0 Å². The normalized spacial score (nSPS) is 10.3. The van der Waals surface area contributed by atoms with Crippen molar-refractivity contribution in [3.05, 3.63) is 24.3 Å². The fraction of sp³-hybridized carbons (Fsp3) is 0.200. The summed E-state index contributed by atoms with van der Waals surface area (Å²) in [5, 5.41) is 2.63. The summed E-state index contributed by atoms with van der Waals surface area (Å²) in [4.78, 5) is 23.1. The number of amides is 1. The van der Waals surface area contributed by atoms with Gasteiger partial charge in [-0.15, -0.1) is 0 Å². The third-order valence-electron chi connectivity index (χ3n) is 2.04. The van der Waals surface area contributed by atoms with Gasteiger partial charge in [0.25, 0.3) is 0 Å². The van der Waals surface area contributed by atoms with Crippen LogP contribution in [-0.4, -0.2) is 25.4 Å². The fourth-order valence-corrected chi connectivity index (χ4v) is 1.56. The second-order valence-electron chi connectivity index (χ2n) is 3.37. The summed E-state index contributed by atoms with van der Waals surface area (Å²) in [7, 11) is 0. The summed E-state index contributed by atoms with van der Waals surface area (Å²) < 4.78 is 6.66. The molecule has 0 aliphatic carbocycles. The molecule has 0 saturated heterocycles. The standard InChI is InChI=1S/C10H10ClN5O2/c1-3-18-5-16-4-12-7-8(11)14-10(13-6(2)17)15-9(7)16/h3-4H,1,5H2,2H3,(H,13,14,15,17). The van der Waals surface area contributed by atoms with Crippen LogP contribution in [0.15, 0.2) is 19.2 Å². The van der Waals surface area contributed by atoms with Crippen molar-refractivity contribution in [1.29, 1.82) is 0 Å². The molecule has 0 aliphatic heterocycles.